The molecule has 4 aromatic rings. The van der Waals surface area contributed by atoms with Crippen molar-refractivity contribution in [2.24, 2.45) is 0 Å². The van der Waals surface area contributed by atoms with Crippen molar-refractivity contribution in [1.82, 2.24) is 29.8 Å². The number of hydrogen-bond donors (Lipinski definition) is 1. The van der Waals surface area contributed by atoms with E-state index in [1.165, 1.54) is 13.3 Å². The number of aromatic nitrogens is 5. The highest BCUT2D eigenvalue weighted by Gasteiger charge is 2.41. The molecule has 1 aliphatic carbocycles. The van der Waals surface area contributed by atoms with Gasteiger partial charge in [0.05, 0.1) is 17.3 Å². The molecular weight excluding hydrogens is 464 g/mol. The maximum atomic E-state index is 11.2. The zero-order chi connectivity index (χ0) is 24.6. The number of hydrogen-bond acceptors (Lipinski definition) is 6. The quantitative estimate of drug-likeness (QED) is 0.390. The lowest BCUT2D eigenvalue weighted by atomic mass is 10.1. The average Bonchev–Trinajstić information content (AvgIpc) is 3.42. The number of fused-ring (bicyclic) bond motifs is 1. The Morgan fingerprint density at radius 1 is 1.20 bits per heavy atom. The van der Waals surface area contributed by atoms with Gasteiger partial charge in [-0.25, -0.2) is 9.97 Å². The van der Waals surface area contributed by atoms with Gasteiger partial charge >= 0.3 is 0 Å². The summed E-state index contributed by atoms with van der Waals surface area (Å²) >= 11 is 6.77. The van der Waals surface area contributed by atoms with E-state index >= 15 is 0 Å². The normalized spacial score (nSPS) is 14.2. The van der Waals surface area contributed by atoms with E-state index in [0.717, 1.165) is 35.2 Å². The first-order chi connectivity index (χ1) is 16.8. The van der Waals surface area contributed by atoms with Crippen LogP contribution in [0.3, 0.4) is 0 Å². The fourth-order valence-corrected chi connectivity index (χ4v) is 4.27. The molecule has 0 atom stereocenters. The van der Waals surface area contributed by atoms with Crippen LogP contribution in [-0.4, -0.2) is 42.6 Å². The van der Waals surface area contributed by atoms with Crippen LogP contribution in [0.2, 0.25) is 5.02 Å². The molecule has 35 heavy (non-hydrogen) atoms. The molecule has 3 aromatic heterocycles. The molecule has 0 spiro atoms. The van der Waals surface area contributed by atoms with Gasteiger partial charge in [0.15, 0.2) is 11.2 Å². The topological polar surface area (TPSA) is 94.8 Å². The van der Waals surface area contributed by atoms with E-state index in [1.807, 2.05) is 41.8 Å². The summed E-state index contributed by atoms with van der Waals surface area (Å²) in [5.74, 6) is 1.11. The number of carbonyl (C=O) groups excluding carboxylic acids is 1. The third-order valence-electron chi connectivity index (χ3n) is 6.15. The van der Waals surface area contributed by atoms with Gasteiger partial charge in [0.2, 0.25) is 11.8 Å². The van der Waals surface area contributed by atoms with E-state index in [-0.39, 0.29) is 11.5 Å². The molecule has 8 nitrogen and oxygen atoms in total. The van der Waals surface area contributed by atoms with Crippen LogP contribution in [0.25, 0.3) is 22.6 Å². The van der Waals surface area contributed by atoms with Crippen LogP contribution < -0.4 is 10.1 Å². The zero-order valence-corrected chi connectivity index (χ0v) is 20.8. The van der Waals surface area contributed by atoms with Crippen LogP contribution in [0.1, 0.15) is 43.5 Å². The van der Waals surface area contributed by atoms with Crippen molar-refractivity contribution in [3.8, 4) is 17.3 Å². The maximum Gasteiger partial charge on any atom is 0.245 e. The monoisotopic (exact) mass is 490 g/mol. The Morgan fingerprint density at radius 3 is 2.74 bits per heavy atom. The summed E-state index contributed by atoms with van der Waals surface area (Å²) in [5, 5.41) is 3.39. The van der Waals surface area contributed by atoms with Gasteiger partial charge in [-0.2, -0.15) is 4.98 Å². The van der Waals surface area contributed by atoms with E-state index in [2.05, 4.69) is 27.2 Å². The summed E-state index contributed by atoms with van der Waals surface area (Å²) in [5.41, 5.74) is 4.91. The molecule has 0 aliphatic heterocycles. The van der Waals surface area contributed by atoms with Gasteiger partial charge in [-0.1, -0.05) is 17.7 Å². The third-order valence-corrected chi connectivity index (χ3v) is 6.46. The first-order valence-corrected chi connectivity index (χ1v) is 12.0. The first kappa shape index (κ1) is 23.2. The average molecular weight is 491 g/mol. The number of aryl methyl sites for hydroxylation is 1. The van der Waals surface area contributed by atoms with Gasteiger partial charge < -0.3 is 14.6 Å². The molecule has 1 aromatic carbocycles. The second-order valence-electron chi connectivity index (χ2n) is 9.30. The lowest BCUT2D eigenvalue weighted by molar-refractivity contribution is -0.118. The highest BCUT2D eigenvalue weighted by Crippen LogP contribution is 2.41. The van der Waals surface area contributed by atoms with Crippen molar-refractivity contribution in [3.05, 3.63) is 64.7 Å². The third kappa shape index (κ3) is 5.12. The maximum absolute atomic E-state index is 11.2. The molecule has 1 aliphatic rings. The van der Waals surface area contributed by atoms with E-state index < -0.39 is 0 Å². The molecule has 0 bridgehead atoms. The molecule has 0 radical (unpaired) electrons. The predicted octanol–water partition coefficient (Wildman–Crippen LogP) is 4.51. The molecule has 3 heterocycles. The summed E-state index contributed by atoms with van der Waals surface area (Å²) in [6.45, 7) is 6.65. The molecule has 1 fully saturated rings. The van der Waals surface area contributed by atoms with Gasteiger partial charge in [0, 0.05) is 25.2 Å². The Kier molecular flexibility index (Phi) is 6.15. The van der Waals surface area contributed by atoms with Crippen LogP contribution in [0.4, 0.5) is 0 Å². The summed E-state index contributed by atoms with van der Waals surface area (Å²) in [6.07, 6.45) is 5.99. The summed E-state index contributed by atoms with van der Waals surface area (Å²) in [6, 6.07) is 9.90. The minimum Gasteiger partial charge on any atom is -0.470 e. The van der Waals surface area contributed by atoms with Crippen molar-refractivity contribution >= 4 is 28.7 Å². The minimum absolute atomic E-state index is 0.0506. The molecule has 0 saturated heterocycles. The highest BCUT2D eigenvalue weighted by molar-refractivity contribution is 6.33. The van der Waals surface area contributed by atoms with Crippen LogP contribution in [0, 0.1) is 6.92 Å². The van der Waals surface area contributed by atoms with Crippen molar-refractivity contribution in [3.63, 3.8) is 0 Å². The number of pyridine rings is 1. The van der Waals surface area contributed by atoms with Crippen LogP contribution in [0.15, 0.2) is 42.9 Å². The number of nitrogens with one attached hydrogen (secondary N) is 1. The largest absolute Gasteiger partial charge is 0.470 e. The molecule has 1 N–H and O–H groups in total. The molecular formula is C26H27ClN6O2. The van der Waals surface area contributed by atoms with Gasteiger partial charge in [-0.15, -0.1) is 0 Å². The molecule has 0 unspecified atom stereocenters. The number of carbonyl (C=O) groups is 1. The Morgan fingerprint density at radius 2 is 2.03 bits per heavy atom. The number of nitrogens with zero attached hydrogens (tertiary/aromatic N) is 5. The summed E-state index contributed by atoms with van der Waals surface area (Å²) in [7, 11) is 0. The predicted molar refractivity (Wildman–Crippen MR) is 134 cm³/mol. The minimum atomic E-state index is -0.198. The number of rotatable bonds is 8. The standard InChI is InChI=1S/C26H27ClN6O2/c1-16-6-10-29-19(12-16)14-33-23(20-5-4-18(13-21(20)27)7-11-28-17(2)34)32-22-24(33)30-15-31-25(22)35-26(3)8-9-26/h4-6,10,12-13,15H,7-9,11,14H2,1-3H3,(H,28,34). The Labute approximate surface area is 208 Å². The lowest BCUT2D eigenvalue weighted by Crippen LogP contribution is -2.22. The van der Waals surface area contributed by atoms with E-state index in [4.69, 9.17) is 21.3 Å². The highest BCUT2D eigenvalue weighted by atomic mass is 35.5. The second-order valence-corrected chi connectivity index (χ2v) is 9.70. The lowest BCUT2D eigenvalue weighted by Gasteiger charge is -2.12. The number of halogens is 1. The zero-order valence-electron chi connectivity index (χ0n) is 20.0. The second kappa shape index (κ2) is 9.26. The van der Waals surface area contributed by atoms with Crippen molar-refractivity contribution < 1.29 is 9.53 Å². The number of imidazole rings is 1. The molecule has 180 valence electrons. The molecule has 1 amide bonds. The summed E-state index contributed by atoms with van der Waals surface area (Å²) in [4.78, 5) is 29.6. The van der Waals surface area contributed by atoms with E-state index in [1.54, 1.807) is 6.20 Å². The van der Waals surface area contributed by atoms with Crippen LogP contribution in [0.5, 0.6) is 5.88 Å². The van der Waals surface area contributed by atoms with Crippen molar-refractivity contribution in [2.45, 2.75) is 52.2 Å². The Hall–Kier alpha value is -3.52. The van der Waals surface area contributed by atoms with Gasteiger partial charge in [0.25, 0.3) is 0 Å². The SMILES string of the molecule is CC(=O)NCCc1ccc(-c2nc3c(OC4(C)CC4)ncnc3n2Cc2cc(C)ccn2)c(Cl)c1. The smallest absolute Gasteiger partial charge is 0.245 e. The first-order valence-electron chi connectivity index (χ1n) is 11.7. The summed E-state index contributed by atoms with van der Waals surface area (Å²) < 4.78 is 8.22. The fraction of sp³-hybridized carbons (Fsp3) is 0.346. The number of benzene rings is 1. The van der Waals surface area contributed by atoms with Crippen LogP contribution >= 0.6 is 11.6 Å². The van der Waals surface area contributed by atoms with Gasteiger partial charge in [0.1, 0.15) is 17.8 Å². The Balaban J connectivity index is 1.58. The molecule has 5 rings (SSSR count). The molecule has 1 saturated carbocycles. The fourth-order valence-electron chi connectivity index (χ4n) is 3.98. The van der Waals surface area contributed by atoms with Gasteiger partial charge in [-0.05, 0) is 68.5 Å². The van der Waals surface area contributed by atoms with E-state index in [0.29, 0.717) is 47.4 Å². The number of amides is 1. The Bertz CT molecular complexity index is 1410. The van der Waals surface area contributed by atoms with Crippen molar-refractivity contribution in [1.29, 1.82) is 0 Å². The molecule has 9 heteroatoms. The van der Waals surface area contributed by atoms with Crippen molar-refractivity contribution in [2.75, 3.05) is 6.54 Å². The van der Waals surface area contributed by atoms with E-state index in [9.17, 15) is 4.79 Å². The van der Waals surface area contributed by atoms with Crippen LogP contribution in [-0.2, 0) is 17.8 Å². The number of ether oxygens (including phenoxy) is 1. The van der Waals surface area contributed by atoms with Gasteiger partial charge in [-0.3, -0.25) is 9.78 Å².